The molecule has 120 valence electrons. The quantitative estimate of drug-likeness (QED) is 0.589. The second kappa shape index (κ2) is 10.9. The van der Waals surface area contributed by atoms with Crippen LogP contribution in [0.5, 0.6) is 5.75 Å². The molecule has 0 aliphatic carbocycles. The number of thioether (sulfide) groups is 1. The number of hydrogen-bond donors (Lipinski definition) is 2. The van der Waals surface area contributed by atoms with Crippen LogP contribution in [-0.2, 0) is 12.3 Å². The number of rotatable bonds is 11. The Labute approximate surface area is 133 Å². The van der Waals surface area contributed by atoms with Gasteiger partial charge in [-0.2, -0.15) is 11.8 Å². The molecule has 21 heavy (non-hydrogen) atoms. The molecule has 0 saturated heterocycles. The molecule has 1 aromatic heterocycles. The Hall–Kier alpha value is -0.740. The largest absolute Gasteiger partial charge is 0.506 e. The molecule has 0 saturated carbocycles. The summed E-state index contributed by atoms with van der Waals surface area (Å²) in [4.78, 5) is 4.23. The van der Waals surface area contributed by atoms with Crippen molar-refractivity contribution in [1.29, 1.82) is 0 Å². The normalized spacial score (nSPS) is 11.0. The van der Waals surface area contributed by atoms with Gasteiger partial charge in [-0.05, 0) is 24.7 Å². The van der Waals surface area contributed by atoms with E-state index >= 15 is 0 Å². The molecule has 0 spiro atoms. The number of nitrogens with two attached hydrogens (primary N) is 1. The van der Waals surface area contributed by atoms with Gasteiger partial charge in [0.1, 0.15) is 5.75 Å². The highest BCUT2D eigenvalue weighted by Crippen LogP contribution is 2.26. The maximum absolute atomic E-state index is 9.97. The zero-order chi connectivity index (χ0) is 15.5. The summed E-state index contributed by atoms with van der Waals surface area (Å²) in [6, 6.07) is 0. The van der Waals surface area contributed by atoms with Crippen LogP contribution in [0.4, 0.5) is 0 Å². The molecule has 3 nitrogen and oxygen atoms in total. The lowest BCUT2D eigenvalue weighted by molar-refractivity contribution is 0.459. The third kappa shape index (κ3) is 6.70. The number of aryl methyl sites for hydroxylation is 1. The summed E-state index contributed by atoms with van der Waals surface area (Å²) in [7, 11) is 0. The van der Waals surface area contributed by atoms with Crippen LogP contribution in [0.3, 0.4) is 0 Å². The molecule has 0 fully saturated rings. The van der Waals surface area contributed by atoms with Crippen molar-refractivity contribution < 1.29 is 5.11 Å². The van der Waals surface area contributed by atoms with E-state index in [9.17, 15) is 5.11 Å². The first-order valence-electron chi connectivity index (χ1n) is 8.14. The van der Waals surface area contributed by atoms with Crippen LogP contribution in [0, 0.1) is 6.92 Å². The SMILES string of the molecule is CCCCCCCCCSCc1cnc(C)c(O)c1CN. The Kier molecular flexibility index (Phi) is 9.51. The van der Waals surface area contributed by atoms with Crippen molar-refractivity contribution in [2.45, 2.75) is 71.1 Å². The van der Waals surface area contributed by atoms with Gasteiger partial charge >= 0.3 is 0 Å². The van der Waals surface area contributed by atoms with Crippen LogP contribution in [-0.4, -0.2) is 15.8 Å². The number of hydrogen-bond acceptors (Lipinski definition) is 4. The van der Waals surface area contributed by atoms with Gasteiger partial charge in [-0.15, -0.1) is 0 Å². The fourth-order valence-electron chi connectivity index (χ4n) is 2.38. The molecular weight excluding hydrogens is 280 g/mol. The Balaban J connectivity index is 2.20. The number of aromatic hydroxyl groups is 1. The Morgan fingerprint density at radius 2 is 1.81 bits per heavy atom. The van der Waals surface area contributed by atoms with Crippen molar-refractivity contribution in [2.24, 2.45) is 5.73 Å². The maximum Gasteiger partial charge on any atom is 0.141 e. The summed E-state index contributed by atoms with van der Waals surface area (Å²) in [5.74, 6) is 2.34. The van der Waals surface area contributed by atoms with Gasteiger partial charge in [0.15, 0.2) is 0 Å². The number of nitrogens with zero attached hydrogens (tertiary/aromatic N) is 1. The minimum atomic E-state index is 0.270. The summed E-state index contributed by atoms with van der Waals surface area (Å²) in [6.45, 7) is 4.44. The van der Waals surface area contributed by atoms with E-state index in [0.717, 1.165) is 16.9 Å². The Morgan fingerprint density at radius 1 is 1.14 bits per heavy atom. The first kappa shape index (κ1) is 18.3. The van der Waals surface area contributed by atoms with Gasteiger partial charge in [0.05, 0.1) is 5.69 Å². The van der Waals surface area contributed by atoms with Gasteiger partial charge < -0.3 is 10.8 Å². The average molecular weight is 311 g/mol. The summed E-state index contributed by atoms with van der Waals surface area (Å²) in [5, 5.41) is 9.97. The highest BCUT2D eigenvalue weighted by Gasteiger charge is 2.10. The molecule has 1 heterocycles. The fourth-order valence-corrected chi connectivity index (χ4v) is 3.40. The van der Waals surface area contributed by atoms with Crippen molar-refractivity contribution in [2.75, 3.05) is 5.75 Å². The van der Waals surface area contributed by atoms with E-state index in [2.05, 4.69) is 11.9 Å². The molecule has 0 atom stereocenters. The van der Waals surface area contributed by atoms with E-state index < -0.39 is 0 Å². The van der Waals surface area contributed by atoms with Crippen molar-refractivity contribution in [1.82, 2.24) is 4.98 Å². The zero-order valence-corrected chi connectivity index (χ0v) is 14.3. The molecule has 1 aromatic rings. The summed E-state index contributed by atoms with van der Waals surface area (Å²) >= 11 is 1.91. The smallest absolute Gasteiger partial charge is 0.141 e. The van der Waals surface area contributed by atoms with Gasteiger partial charge in [0.25, 0.3) is 0 Å². The number of pyridine rings is 1. The van der Waals surface area contributed by atoms with Crippen LogP contribution in [0.25, 0.3) is 0 Å². The second-order valence-electron chi connectivity index (χ2n) is 5.57. The van der Waals surface area contributed by atoms with E-state index in [1.807, 2.05) is 24.9 Å². The minimum absolute atomic E-state index is 0.270. The van der Waals surface area contributed by atoms with Crippen molar-refractivity contribution in [3.05, 3.63) is 23.0 Å². The van der Waals surface area contributed by atoms with E-state index in [0.29, 0.717) is 12.2 Å². The van der Waals surface area contributed by atoms with Crippen molar-refractivity contribution in [3.8, 4) is 5.75 Å². The van der Waals surface area contributed by atoms with Crippen molar-refractivity contribution >= 4 is 11.8 Å². The molecule has 0 bridgehead atoms. The topological polar surface area (TPSA) is 59.1 Å². The van der Waals surface area contributed by atoms with E-state index in [1.54, 1.807) is 0 Å². The standard InChI is InChI=1S/C17H30N2OS/c1-3-4-5-6-7-8-9-10-21-13-15-12-19-14(2)17(20)16(15)11-18/h12,20H,3-11,13,18H2,1-2H3. The van der Waals surface area contributed by atoms with E-state index in [-0.39, 0.29) is 5.75 Å². The molecule has 4 heteroatoms. The minimum Gasteiger partial charge on any atom is -0.506 e. The predicted octanol–water partition coefficient (Wildman–Crippen LogP) is 4.54. The van der Waals surface area contributed by atoms with Gasteiger partial charge in [0, 0.05) is 24.1 Å². The van der Waals surface area contributed by atoms with E-state index in [4.69, 9.17) is 5.73 Å². The summed E-state index contributed by atoms with van der Waals surface area (Å²) < 4.78 is 0. The molecule has 0 aromatic carbocycles. The molecule has 0 radical (unpaired) electrons. The second-order valence-corrected chi connectivity index (χ2v) is 6.68. The number of aromatic nitrogens is 1. The Bertz CT molecular complexity index is 410. The van der Waals surface area contributed by atoms with E-state index in [1.165, 1.54) is 50.7 Å². The Morgan fingerprint density at radius 3 is 2.48 bits per heavy atom. The summed E-state index contributed by atoms with van der Waals surface area (Å²) in [5.41, 5.74) is 8.33. The summed E-state index contributed by atoms with van der Waals surface area (Å²) in [6.07, 6.45) is 11.3. The lowest BCUT2D eigenvalue weighted by atomic mass is 10.1. The van der Waals surface area contributed by atoms with Crippen molar-refractivity contribution in [3.63, 3.8) is 0 Å². The third-order valence-corrected chi connectivity index (χ3v) is 4.88. The van der Waals surface area contributed by atoms with Crippen LogP contribution in [0.1, 0.15) is 68.7 Å². The van der Waals surface area contributed by atoms with Gasteiger partial charge in [-0.1, -0.05) is 45.4 Å². The lowest BCUT2D eigenvalue weighted by Crippen LogP contribution is -2.04. The van der Waals surface area contributed by atoms with Crippen LogP contribution in [0.15, 0.2) is 6.20 Å². The first-order valence-corrected chi connectivity index (χ1v) is 9.30. The zero-order valence-electron chi connectivity index (χ0n) is 13.5. The molecule has 0 unspecified atom stereocenters. The lowest BCUT2D eigenvalue weighted by Gasteiger charge is -2.11. The molecule has 3 N–H and O–H groups in total. The van der Waals surface area contributed by atoms with Gasteiger partial charge in [-0.3, -0.25) is 4.98 Å². The monoisotopic (exact) mass is 310 g/mol. The van der Waals surface area contributed by atoms with Crippen LogP contribution < -0.4 is 5.73 Å². The molecule has 1 rings (SSSR count). The number of unbranched alkanes of at least 4 members (excludes halogenated alkanes) is 6. The maximum atomic E-state index is 9.97. The van der Waals surface area contributed by atoms with Gasteiger partial charge in [0.2, 0.25) is 0 Å². The molecule has 0 aliphatic rings. The molecule has 0 aliphatic heterocycles. The third-order valence-electron chi connectivity index (χ3n) is 3.78. The van der Waals surface area contributed by atoms with Crippen LogP contribution in [0.2, 0.25) is 0 Å². The predicted molar refractivity (Wildman–Crippen MR) is 92.7 cm³/mol. The average Bonchev–Trinajstić information content (AvgIpc) is 2.49. The molecule has 0 amide bonds. The van der Waals surface area contributed by atoms with Gasteiger partial charge in [-0.25, -0.2) is 0 Å². The molecular formula is C17H30N2OS. The highest BCUT2D eigenvalue weighted by molar-refractivity contribution is 7.98. The fraction of sp³-hybridized carbons (Fsp3) is 0.706. The highest BCUT2D eigenvalue weighted by atomic mass is 32.2. The van der Waals surface area contributed by atoms with Crippen LogP contribution >= 0.6 is 11.8 Å². The first-order chi connectivity index (χ1) is 10.2.